The molecular weight excluding hydrogens is 176 g/mol. The van der Waals surface area contributed by atoms with Gasteiger partial charge < -0.3 is 10.2 Å². The van der Waals surface area contributed by atoms with Crippen LogP contribution in [0.4, 0.5) is 0 Å². The second kappa shape index (κ2) is 6.02. The molecule has 1 rings (SSSR count). The van der Waals surface area contributed by atoms with Crippen LogP contribution < -0.4 is 5.32 Å². The highest BCUT2D eigenvalue weighted by molar-refractivity contribution is 5.78. The summed E-state index contributed by atoms with van der Waals surface area (Å²) in [7, 11) is 0. The van der Waals surface area contributed by atoms with Crippen LogP contribution in [0.3, 0.4) is 0 Å². The number of hydrogen-bond acceptors (Lipinski definition) is 2. The zero-order valence-electron chi connectivity index (χ0n) is 9.38. The lowest BCUT2D eigenvalue weighted by atomic mass is 10.0. The van der Waals surface area contributed by atoms with E-state index in [4.69, 9.17) is 0 Å². The van der Waals surface area contributed by atoms with Crippen molar-refractivity contribution in [2.75, 3.05) is 26.2 Å². The summed E-state index contributed by atoms with van der Waals surface area (Å²) in [6, 6.07) is 0. The van der Waals surface area contributed by atoms with Crippen molar-refractivity contribution in [3.8, 4) is 0 Å². The van der Waals surface area contributed by atoms with E-state index in [0.29, 0.717) is 5.91 Å². The van der Waals surface area contributed by atoms with Gasteiger partial charge in [-0.15, -0.1) is 0 Å². The molecule has 0 saturated carbocycles. The van der Waals surface area contributed by atoms with Crippen molar-refractivity contribution in [1.29, 1.82) is 0 Å². The molecule has 0 atom stereocenters. The van der Waals surface area contributed by atoms with Gasteiger partial charge in [0.15, 0.2) is 0 Å². The van der Waals surface area contributed by atoms with Crippen molar-refractivity contribution in [3.05, 3.63) is 0 Å². The van der Waals surface area contributed by atoms with Crippen molar-refractivity contribution in [1.82, 2.24) is 10.2 Å². The number of amides is 1. The lowest BCUT2D eigenvalue weighted by Crippen LogP contribution is -2.38. The predicted molar refractivity (Wildman–Crippen MR) is 58.1 cm³/mol. The van der Waals surface area contributed by atoms with Gasteiger partial charge in [0.1, 0.15) is 0 Å². The standard InChI is InChI=1S/C11H22N2O/c1-3-10(4-2)11(14)13-8-5-6-12-7-9-13/h10,12H,3-9H2,1-2H3. The first kappa shape index (κ1) is 11.5. The fourth-order valence-electron chi connectivity index (χ4n) is 1.96. The SMILES string of the molecule is CCC(CC)C(=O)N1CCCNCC1. The normalized spacial score (nSPS) is 18.4. The Morgan fingerprint density at radius 3 is 2.64 bits per heavy atom. The number of hydrogen-bond donors (Lipinski definition) is 1. The molecule has 0 aliphatic carbocycles. The molecule has 1 heterocycles. The van der Waals surface area contributed by atoms with Crippen LogP contribution in [0.25, 0.3) is 0 Å². The Morgan fingerprint density at radius 2 is 2.00 bits per heavy atom. The first-order chi connectivity index (χ1) is 6.79. The molecule has 0 spiro atoms. The van der Waals surface area contributed by atoms with E-state index in [-0.39, 0.29) is 5.92 Å². The van der Waals surface area contributed by atoms with Gasteiger partial charge in [-0.3, -0.25) is 4.79 Å². The smallest absolute Gasteiger partial charge is 0.225 e. The minimum absolute atomic E-state index is 0.244. The minimum atomic E-state index is 0.244. The average Bonchev–Trinajstić information content (AvgIpc) is 2.47. The predicted octanol–water partition coefficient (Wildman–Crippen LogP) is 1.24. The van der Waals surface area contributed by atoms with E-state index in [1.807, 2.05) is 4.90 Å². The number of rotatable bonds is 3. The Hall–Kier alpha value is -0.570. The van der Waals surface area contributed by atoms with Gasteiger partial charge in [-0.25, -0.2) is 0 Å². The zero-order chi connectivity index (χ0) is 10.4. The van der Waals surface area contributed by atoms with E-state index in [2.05, 4.69) is 19.2 Å². The van der Waals surface area contributed by atoms with Gasteiger partial charge in [-0.05, 0) is 25.8 Å². The minimum Gasteiger partial charge on any atom is -0.341 e. The summed E-state index contributed by atoms with van der Waals surface area (Å²) in [6.07, 6.45) is 3.03. The molecule has 14 heavy (non-hydrogen) atoms. The molecule has 0 aromatic rings. The quantitative estimate of drug-likeness (QED) is 0.740. The largest absolute Gasteiger partial charge is 0.341 e. The van der Waals surface area contributed by atoms with Crippen LogP contribution in [-0.2, 0) is 4.79 Å². The highest BCUT2D eigenvalue weighted by atomic mass is 16.2. The highest BCUT2D eigenvalue weighted by Crippen LogP contribution is 2.12. The maximum Gasteiger partial charge on any atom is 0.225 e. The fraction of sp³-hybridized carbons (Fsp3) is 0.909. The number of carbonyl (C=O) groups excluding carboxylic acids is 1. The fourth-order valence-corrected chi connectivity index (χ4v) is 1.96. The van der Waals surface area contributed by atoms with Gasteiger partial charge in [-0.2, -0.15) is 0 Å². The first-order valence-electron chi connectivity index (χ1n) is 5.79. The summed E-state index contributed by atoms with van der Waals surface area (Å²) in [4.78, 5) is 14.0. The summed E-state index contributed by atoms with van der Waals surface area (Å²) in [5, 5.41) is 3.31. The van der Waals surface area contributed by atoms with Crippen LogP contribution in [0.2, 0.25) is 0 Å². The molecule has 3 nitrogen and oxygen atoms in total. The van der Waals surface area contributed by atoms with Crippen LogP contribution >= 0.6 is 0 Å². The van der Waals surface area contributed by atoms with Gasteiger partial charge >= 0.3 is 0 Å². The van der Waals surface area contributed by atoms with E-state index in [1.54, 1.807) is 0 Å². The van der Waals surface area contributed by atoms with Gasteiger partial charge in [0.05, 0.1) is 0 Å². The Balaban J connectivity index is 2.48. The molecule has 1 aliphatic rings. The molecule has 1 amide bonds. The molecule has 0 bridgehead atoms. The molecule has 3 heteroatoms. The van der Waals surface area contributed by atoms with Crippen molar-refractivity contribution < 1.29 is 4.79 Å². The van der Waals surface area contributed by atoms with Crippen LogP contribution in [0.5, 0.6) is 0 Å². The monoisotopic (exact) mass is 198 g/mol. The van der Waals surface area contributed by atoms with Crippen molar-refractivity contribution in [3.63, 3.8) is 0 Å². The second-order valence-electron chi connectivity index (χ2n) is 3.94. The second-order valence-corrected chi connectivity index (χ2v) is 3.94. The number of nitrogens with one attached hydrogen (secondary N) is 1. The molecule has 0 radical (unpaired) electrons. The molecule has 1 N–H and O–H groups in total. The lowest BCUT2D eigenvalue weighted by Gasteiger charge is -2.24. The van der Waals surface area contributed by atoms with E-state index in [9.17, 15) is 4.79 Å². The van der Waals surface area contributed by atoms with Crippen LogP contribution in [0.1, 0.15) is 33.1 Å². The van der Waals surface area contributed by atoms with Crippen molar-refractivity contribution >= 4 is 5.91 Å². The maximum absolute atomic E-state index is 12.0. The number of nitrogens with zero attached hydrogens (tertiary/aromatic N) is 1. The van der Waals surface area contributed by atoms with Crippen LogP contribution in [0, 0.1) is 5.92 Å². The highest BCUT2D eigenvalue weighted by Gasteiger charge is 2.21. The van der Waals surface area contributed by atoms with E-state index in [0.717, 1.165) is 45.4 Å². The summed E-state index contributed by atoms with van der Waals surface area (Å²) in [6.45, 7) is 8.01. The van der Waals surface area contributed by atoms with E-state index in [1.165, 1.54) is 0 Å². The lowest BCUT2D eigenvalue weighted by molar-refractivity contribution is -0.135. The van der Waals surface area contributed by atoms with E-state index < -0.39 is 0 Å². The van der Waals surface area contributed by atoms with Crippen LogP contribution in [-0.4, -0.2) is 37.0 Å². The Morgan fingerprint density at radius 1 is 1.29 bits per heavy atom. The third-order valence-corrected chi connectivity index (χ3v) is 2.99. The Kier molecular flexibility index (Phi) is 4.94. The van der Waals surface area contributed by atoms with Gasteiger partial charge in [0.2, 0.25) is 5.91 Å². The molecule has 1 aliphatic heterocycles. The van der Waals surface area contributed by atoms with Crippen LogP contribution in [0.15, 0.2) is 0 Å². The Bertz CT molecular complexity index is 170. The number of carbonyl (C=O) groups is 1. The maximum atomic E-state index is 12.0. The molecule has 82 valence electrons. The summed E-state index contributed by atoms with van der Waals surface area (Å²) in [5.74, 6) is 0.604. The molecule has 1 fully saturated rings. The zero-order valence-corrected chi connectivity index (χ0v) is 9.38. The molecule has 0 aromatic carbocycles. The third-order valence-electron chi connectivity index (χ3n) is 2.99. The van der Waals surface area contributed by atoms with Gasteiger partial charge in [0.25, 0.3) is 0 Å². The average molecular weight is 198 g/mol. The van der Waals surface area contributed by atoms with Crippen molar-refractivity contribution in [2.24, 2.45) is 5.92 Å². The summed E-state index contributed by atoms with van der Waals surface area (Å²) >= 11 is 0. The topological polar surface area (TPSA) is 32.3 Å². The van der Waals surface area contributed by atoms with E-state index >= 15 is 0 Å². The molecular formula is C11H22N2O. The molecule has 0 unspecified atom stereocenters. The summed E-state index contributed by atoms with van der Waals surface area (Å²) in [5.41, 5.74) is 0. The summed E-state index contributed by atoms with van der Waals surface area (Å²) < 4.78 is 0. The Labute approximate surface area is 86.9 Å². The van der Waals surface area contributed by atoms with Crippen molar-refractivity contribution in [2.45, 2.75) is 33.1 Å². The third kappa shape index (κ3) is 2.98. The molecule has 0 aromatic heterocycles. The first-order valence-corrected chi connectivity index (χ1v) is 5.79. The molecule has 1 saturated heterocycles. The van der Waals surface area contributed by atoms with Gasteiger partial charge in [-0.1, -0.05) is 13.8 Å². The van der Waals surface area contributed by atoms with Gasteiger partial charge in [0, 0.05) is 25.6 Å².